The van der Waals surface area contributed by atoms with E-state index in [-0.39, 0.29) is 0 Å². The molecular formula is C19H15N5. The van der Waals surface area contributed by atoms with Crippen molar-refractivity contribution < 1.29 is 0 Å². The summed E-state index contributed by atoms with van der Waals surface area (Å²) in [5.74, 6) is 1.34. The van der Waals surface area contributed by atoms with E-state index in [0.29, 0.717) is 5.82 Å². The van der Waals surface area contributed by atoms with Crippen molar-refractivity contribution in [3.63, 3.8) is 0 Å². The van der Waals surface area contributed by atoms with E-state index in [4.69, 9.17) is 0 Å². The molecule has 0 saturated heterocycles. The van der Waals surface area contributed by atoms with Crippen LogP contribution in [-0.2, 0) is 0 Å². The molecule has 0 aliphatic heterocycles. The molecule has 4 aromatic rings. The number of nitrogens with zero attached hydrogens (tertiary/aromatic N) is 4. The Morgan fingerprint density at radius 3 is 2.50 bits per heavy atom. The summed E-state index contributed by atoms with van der Waals surface area (Å²) in [4.78, 5) is 18.0. The highest BCUT2D eigenvalue weighted by atomic mass is 15.0. The lowest BCUT2D eigenvalue weighted by atomic mass is 10.2. The maximum Gasteiger partial charge on any atom is 0.180 e. The minimum Gasteiger partial charge on any atom is -0.338 e. The summed E-state index contributed by atoms with van der Waals surface area (Å²) in [6, 6.07) is 17.6. The van der Waals surface area contributed by atoms with Gasteiger partial charge in [-0.25, -0.2) is 9.97 Å². The van der Waals surface area contributed by atoms with Gasteiger partial charge in [-0.05, 0) is 43.3 Å². The van der Waals surface area contributed by atoms with Crippen molar-refractivity contribution in [2.75, 3.05) is 5.32 Å². The molecule has 0 bridgehead atoms. The summed E-state index contributed by atoms with van der Waals surface area (Å²) in [6.07, 6.45) is 3.54. The van der Waals surface area contributed by atoms with E-state index in [1.807, 2.05) is 61.5 Å². The van der Waals surface area contributed by atoms with Crippen LogP contribution in [0, 0.1) is 6.92 Å². The molecule has 0 saturated carbocycles. The Bertz CT molecular complexity index is 981. The first kappa shape index (κ1) is 14.3. The molecule has 3 heterocycles. The molecule has 5 nitrogen and oxygen atoms in total. The highest BCUT2D eigenvalue weighted by molar-refractivity contribution is 5.92. The number of pyridine rings is 2. The maximum atomic E-state index is 4.68. The molecular weight excluding hydrogens is 298 g/mol. The SMILES string of the molecule is Cc1ccc(Nc2nc(-c3ccccn3)nc3ccccc23)cn1. The van der Waals surface area contributed by atoms with E-state index < -0.39 is 0 Å². The van der Waals surface area contributed by atoms with Crippen LogP contribution < -0.4 is 5.32 Å². The number of aromatic nitrogens is 4. The van der Waals surface area contributed by atoms with Gasteiger partial charge in [-0.1, -0.05) is 18.2 Å². The lowest BCUT2D eigenvalue weighted by Gasteiger charge is -2.10. The van der Waals surface area contributed by atoms with Crippen LogP contribution in [0.5, 0.6) is 0 Å². The van der Waals surface area contributed by atoms with Gasteiger partial charge in [-0.3, -0.25) is 9.97 Å². The van der Waals surface area contributed by atoms with E-state index >= 15 is 0 Å². The summed E-state index contributed by atoms with van der Waals surface area (Å²) in [7, 11) is 0. The largest absolute Gasteiger partial charge is 0.338 e. The number of benzene rings is 1. The van der Waals surface area contributed by atoms with Crippen LogP contribution in [0.1, 0.15) is 5.69 Å². The summed E-state index contributed by atoms with van der Waals surface area (Å²) < 4.78 is 0. The van der Waals surface area contributed by atoms with E-state index in [0.717, 1.165) is 33.8 Å². The normalized spacial score (nSPS) is 10.7. The van der Waals surface area contributed by atoms with E-state index in [9.17, 15) is 0 Å². The van der Waals surface area contributed by atoms with Crippen LogP contribution in [0.4, 0.5) is 11.5 Å². The zero-order chi connectivity index (χ0) is 16.4. The smallest absolute Gasteiger partial charge is 0.180 e. The fourth-order valence-corrected chi connectivity index (χ4v) is 2.46. The lowest BCUT2D eigenvalue weighted by molar-refractivity contribution is 1.17. The number of hydrogen-bond acceptors (Lipinski definition) is 5. The molecule has 116 valence electrons. The minimum atomic E-state index is 0.594. The van der Waals surface area contributed by atoms with Crippen molar-refractivity contribution in [2.45, 2.75) is 6.92 Å². The molecule has 0 radical (unpaired) electrons. The molecule has 4 rings (SSSR count). The van der Waals surface area contributed by atoms with Crippen LogP contribution in [0.3, 0.4) is 0 Å². The standard InChI is InChI=1S/C19H15N5/c1-13-9-10-14(12-21-13)22-18-15-6-2-3-7-16(15)23-19(24-18)17-8-4-5-11-20-17/h2-12H,1H3,(H,22,23,24). The Morgan fingerprint density at radius 1 is 0.833 bits per heavy atom. The number of para-hydroxylation sites is 1. The molecule has 1 aromatic carbocycles. The van der Waals surface area contributed by atoms with Gasteiger partial charge in [0, 0.05) is 17.3 Å². The minimum absolute atomic E-state index is 0.594. The number of fused-ring (bicyclic) bond motifs is 1. The van der Waals surface area contributed by atoms with Crippen LogP contribution in [0.2, 0.25) is 0 Å². The van der Waals surface area contributed by atoms with E-state index in [1.54, 1.807) is 12.4 Å². The zero-order valence-electron chi connectivity index (χ0n) is 13.1. The van der Waals surface area contributed by atoms with Crippen molar-refractivity contribution in [3.05, 3.63) is 72.7 Å². The highest BCUT2D eigenvalue weighted by Gasteiger charge is 2.10. The zero-order valence-corrected chi connectivity index (χ0v) is 13.1. The summed E-state index contributed by atoms with van der Waals surface area (Å²) in [5, 5.41) is 4.30. The predicted octanol–water partition coefficient (Wildman–Crippen LogP) is 4.14. The third kappa shape index (κ3) is 2.79. The molecule has 0 aliphatic carbocycles. The number of rotatable bonds is 3. The molecule has 0 unspecified atom stereocenters. The Kier molecular flexibility index (Phi) is 3.59. The van der Waals surface area contributed by atoms with Crippen LogP contribution in [0.15, 0.2) is 67.0 Å². The Hall–Kier alpha value is -3.34. The van der Waals surface area contributed by atoms with Gasteiger partial charge >= 0.3 is 0 Å². The van der Waals surface area contributed by atoms with Crippen molar-refractivity contribution in [1.29, 1.82) is 0 Å². The van der Waals surface area contributed by atoms with Crippen molar-refractivity contribution in [3.8, 4) is 11.5 Å². The third-order valence-corrected chi connectivity index (χ3v) is 3.67. The lowest BCUT2D eigenvalue weighted by Crippen LogP contribution is -2.00. The fraction of sp³-hybridized carbons (Fsp3) is 0.0526. The van der Waals surface area contributed by atoms with Crippen LogP contribution in [0.25, 0.3) is 22.4 Å². The molecule has 0 aliphatic rings. The summed E-state index contributed by atoms with van der Waals surface area (Å²) in [5.41, 5.74) is 3.47. The topological polar surface area (TPSA) is 63.6 Å². The van der Waals surface area contributed by atoms with Gasteiger partial charge in [0.1, 0.15) is 11.5 Å². The van der Waals surface area contributed by atoms with Crippen molar-refractivity contribution >= 4 is 22.4 Å². The van der Waals surface area contributed by atoms with Gasteiger partial charge in [-0.2, -0.15) is 0 Å². The number of anilines is 2. The van der Waals surface area contributed by atoms with Gasteiger partial charge in [-0.15, -0.1) is 0 Å². The highest BCUT2D eigenvalue weighted by Crippen LogP contribution is 2.26. The van der Waals surface area contributed by atoms with Gasteiger partial charge in [0.05, 0.1) is 17.4 Å². The van der Waals surface area contributed by atoms with E-state index in [2.05, 4.69) is 25.3 Å². The summed E-state index contributed by atoms with van der Waals surface area (Å²) in [6.45, 7) is 1.96. The first-order valence-corrected chi connectivity index (χ1v) is 7.67. The van der Waals surface area contributed by atoms with Gasteiger partial charge < -0.3 is 5.32 Å². The fourth-order valence-electron chi connectivity index (χ4n) is 2.46. The molecule has 3 aromatic heterocycles. The molecule has 0 fully saturated rings. The molecule has 0 spiro atoms. The first-order chi connectivity index (χ1) is 11.8. The third-order valence-electron chi connectivity index (χ3n) is 3.67. The molecule has 1 N–H and O–H groups in total. The molecule has 24 heavy (non-hydrogen) atoms. The molecule has 0 amide bonds. The molecule has 0 atom stereocenters. The number of nitrogens with one attached hydrogen (secondary N) is 1. The van der Waals surface area contributed by atoms with E-state index in [1.165, 1.54) is 0 Å². The van der Waals surface area contributed by atoms with Gasteiger partial charge in [0.2, 0.25) is 0 Å². The Labute approximate surface area is 139 Å². The predicted molar refractivity (Wildman–Crippen MR) is 95.0 cm³/mol. The van der Waals surface area contributed by atoms with Crippen molar-refractivity contribution in [2.24, 2.45) is 0 Å². The van der Waals surface area contributed by atoms with Gasteiger partial charge in [0.25, 0.3) is 0 Å². The Morgan fingerprint density at radius 2 is 1.71 bits per heavy atom. The Balaban J connectivity index is 1.85. The van der Waals surface area contributed by atoms with Crippen LogP contribution >= 0.6 is 0 Å². The average molecular weight is 313 g/mol. The maximum absolute atomic E-state index is 4.68. The summed E-state index contributed by atoms with van der Waals surface area (Å²) >= 11 is 0. The number of aryl methyl sites for hydroxylation is 1. The average Bonchev–Trinajstić information content (AvgIpc) is 2.64. The second-order valence-corrected chi connectivity index (χ2v) is 5.44. The van der Waals surface area contributed by atoms with Gasteiger partial charge in [0.15, 0.2) is 5.82 Å². The molecule has 5 heteroatoms. The van der Waals surface area contributed by atoms with Crippen LogP contribution in [-0.4, -0.2) is 19.9 Å². The quantitative estimate of drug-likeness (QED) is 0.616. The second-order valence-electron chi connectivity index (χ2n) is 5.44. The van der Waals surface area contributed by atoms with Crippen molar-refractivity contribution in [1.82, 2.24) is 19.9 Å². The monoisotopic (exact) mass is 313 g/mol. The second kappa shape index (κ2) is 6.04. The first-order valence-electron chi connectivity index (χ1n) is 7.67. The number of hydrogen-bond donors (Lipinski definition) is 1.